The summed E-state index contributed by atoms with van der Waals surface area (Å²) in [6.07, 6.45) is 0.953. The smallest absolute Gasteiger partial charge is 0.329 e. The molecular formula is C17H24N2O4. The van der Waals surface area contributed by atoms with Crippen molar-refractivity contribution in [1.82, 2.24) is 10.2 Å². The molecule has 0 fully saturated rings. The summed E-state index contributed by atoms with van der Waals surface area (Å²) in [5.74, 6) is -1.76. The van der Waals surface area contributed by atoms with Crippen molar-refractivity contribution >= 4 is 17.8 Å². The monoisotopic (exact) mass is 320 g/mol. The highest BCUT2D eigenvalue weighted by molar-refractivity contribution is 6.01. The lowest BCUT2D eigenvalue weighted by Crippen LogP contribution is -2.52. The van der Waals surface area contributed by atoms with E-state index in [1.807, 2.05) is 13.8 Å². The van der Waals surface area contributed by atoms with Gasteiger partial charge in [-0.2, -0.15) is 0 Å². The number of nitrogens with zero attached hydrogens (tertiary/aromatic N) is 1. The largest absolute Gasteiger partial charge is 0.480 e. The Bertz CT molecular complexity index is 600. The molecule has 0 aliphatic rings. The lowest BCUT2D eigenvalue weighted by Gasteiger charge is -2.26. The average molecular weight is 320 g/mol. The fraction of sp³-hybridized carbons (Fsp3) is 0.471. The molecule has 126 valence electrons. The number of benzene rings is 1. The minimum Gasteiger partial charge on any atom is -0.480 e. The SMILES string of the molecule is CCCC(C)(NC(=O)c1cccc(C(=O)N(C)CC)c1)C(=O)O. The number of carbonyl (C=O) groups excluding carboxylic acids is 2. The number of hydrogen-bond acceptors (Lipinski definition) is 3. The van der Waals surface area contributed by atoms with Gasteiger partial charge in [0, 0.05) is 24.7 Å². The van der Waals surface area contributed by atoms with Crippen LogP contribution in [0.1, 0.15) is 54.3 Å². The summed E-state index contributed by atoms with van der Waals surface area (Å²) in [4.78, 5) is 37.4. The van der Waals surface area contributed by atoms with Crippen molar-refractivity contribution in [2.24, 2.45) is 0 Å². The van der Waals surface area contributed by atoms with E-state index in [1.54, 1.807) is 25.2 Å². The predicted octanol–water partition coefficient (Wildman–Crippen LogP) is 2.15. The molecule has 0 heterocycles. The third-order valence-corrected chi connectivity index (χ3v) is 3.80. The van der Waals surface area contributed by atoms with Crippen molar-refractivity contribution in [3.63, 3.8) is 0 Å². The highest BCUT2D eigenvalue weighted by atomic mass is 16.4. The van der Waals surface area contributed by atoms with E-state index < -0.39 is 17.4 Å². The standard InChI is InChI=1S/C17H24N2O4/c1-5-10-17(3,16(22)23)18-14(20)12-8-7-9-13(11-12)15(21)19(4)6-2/h7-9,11H,5-6,10H2,1-4H3,(H,18,20)(H,22,23). The minimum absolute atomic E-state index is 0.184. The fourth-order valence-electron chi connectivity index (χ4n) is 2.20. The molecule has 0 aromatic heterocycles. The van der Waals surface area contributed by atoms with E-state index in [2.05, 4.69) is 5.32 Å². The second kappa shape index (κ2) is 7.76. The summed E-state index contributed by atoms with van der Waals surface area (Å²) in [7, 11) is 1.68. The van der Waals surface area contributed by atoms with Gasteiger partial charge >= 0.3 is 5.97 Å². The van der Waals surface area contributed by atoms with Crippen molar-refractivity contribution in [2.75, 3.05) is 13.6 Å². The van der Waals surface area contributed by atoms with E-state index in [0.29, 0.717) is 24.9 Å². The van der Waals surface area contributed by atoms with Crippen LogP contribution in [0.4, 0.5) is 0 Å². The Kier molecular flexibility index (Phi) is 6.30. The zero-order valence-corrected chi connectivity index (χ0v) is 14.0. The van der Waals surface area contributed by atoms with E-state index >= 15 is 0 Å². The predicted molar refractivity (Wildman–Crippen MR) is 87.5 cm³/mol. The molecule has 0 saturated heterocycles. The second-order valence-electron chi connectivity index (χ2n) is 5.74. The molecule has 0 bridgehead atoms. The molecule has 0 radical (unpaired) electrons. The van der Waals surface area contributed by atoms with Crippen LogP contribution >= 0.6 is 0 Å². The van der Waals surface area contributed by atoms with E-state index in [4.69, 9.17) is 0 Å². The zero-order valence-electron chi connectivity index (χ0n) is 14.0. The molecule has 0 aliphatic carbocycles. The van der Waals surface area contributed by atoms with Crippen LogP contribution in [0.2, 0.25) is 0 Å². The third-order valence-electron chi connectivity index (χ3n) is 3.80. The van der Waals surface area contributed by atoms with Gasteiger partial charge in [-0.15, -0.1) is 0 Å². The Morgan fingerprint density at radius 2 is 1.83 bits per heavy atom. The molecule has 1 rings (SSSR count). The molecule has 2 N–H and O–H groups in total. The van der Waals surface area contributed by atoms with Crippen LogP contribution in [-0.4, -0.2) is 46.9 Å². The Morgan fingerprint density at radius 3 is 2.35 bits per heavy atom. The number of rotatable bonds is 7. The quantitative estimate of drug-likeness (QED) is 0.806. The lowest BCUT2D eigenvalue weighted by atomic mass is 9.95. The van der Waals surface area contributed by atoms with E-state index in [0.717, 1.165) is 0 Å². The number of aliphatic carboxylic acids is 1. The van der Waals surface area contributed by atoms with Crippen LogP contribution in [0.25, 0.3) is 0 Å². The number of carboxylic acid groups (broad SMARTS) is 1. The molecule has 0 aliphatic heterocycles. The van der Waals surface area contributed by atoms with Crippen molar-refractivity contribution in [3.05, 3.63) is 35.4 Å². The maximum absolute atomic E-state index is 12.4. The topological polar surface area (TPSA) is 86.7 Å². The summed E-state index contributed by atoms with van der Waals surface area (Å²) in [5.41, 5.74) is -0.662. The number of nitrogens with one attached hydrogen (secondary N) is 1. The third kappa shape index (κ3) is 4.55. The van der Waals surface area contributed by atoms with E-state index in [9.17, 15) is 19.5 Å². The second-order valence-corrected chi connectivity index (χ2v) is 5.74. The maximum atomic E-state index is 12.4. The highest BCUT2D eigenvalue weighted by Gasteiger charge is 2.34. The van der Waals surface area contributed by atoms with Gasteiger partial charge in [0.15, 0.2) is 0 Å². The normalized spacial score (nSPS) is 13.0. The molecule has 0 saturated carbocycles. The van der Waals surface area contributed by atoms with Crippen LogP contribution in [0.3, 0.4) is 0 Å². The highest BCUT2D eigenvalue weighted by Crippen LogP contribution is 2.15. The van der Waals surface area contributed by atoms with Crippen LogP contribution in [-0.2, 0) is 4.79 Å². The molecule has 6 heteroatoms. The van der Waals surface area contributed by atoms with Gasteiger partial charge in [-0.3, -0.25) is 9.59 Å². The lowest BCUT2D eigenvalue weighted by molar-refractivity contribution is -0.144. The van der Waals surface area contributed by atoms with Gasteiger partial charge in [0.25, 0.3) is 11.8 Å². The Labute approximate surface area is 136 Å². The Balaban J connectivity index is 3.01. The Hall–Kier alpha value is -2.37. The molecule has 6 nitrogen and oxygen atoms in total. The first kappa shape index (κ1) is 18.7. The van der Waals surface area contributed by atoms with Crippen molar-refractivity contribution < 1.29 is 19.5 Å². The summed E-state index contributed by atoms with van der Waals surface area (Å²) < 4.78 is 0. The fourth-order valence-corrected chi connectivity index (χ4v) is 2.20. The van der Waals surface area contributed by atoms with Crippen LogP contribution in [0, 0.1) is 0 Å². The molecule has 1 atom stereocenters. The van der Waals surface area contributed by atoms with Gasteiger partial charge < -0.3 is 15.3 Å². The average Bonchev–Trinajstić information content (AvgIpc) is 2.53. The van der Waals surface area contributed by atoms with Crippen molar-refractivity contribution in [3.8, 4) is 0 Å². The van der Waals surface area contributed by atoms with Gasteiger partial charge in [0.2, 0.25) is 0 Å². The molecular weight excluding hydrogens is 296 g/mol. The number of carboxylic acids is 1. The zero-order chi connectivity index (χ0) is 17.6. The number of hydrogen-bond donors (Lipinski definition) is 2. The molecule has 1 aromatic carbocycles. The molecule has 1 aromatic rings. The number of carbonyl (C=O) groups is 3. The number of amides is 2. The van der Waals surface area contributed by atoms with Crippen molar-refractivity contribution in [2.45, 2.75) is 39.2 Å². The van der Waals surface area contributed by atoms with Gasteiger partial charge in [0.05, 0.1) is 0 Å². The maximum Gasteiger partial charge on any atom is 0.329 e. The summed E-state index contributed by atoms with van der Waals surface area (Å²) in [6, 6.07) is 6.29. The van der Waals surface area contributed by atoms with Crippen LogP contribution < -0.4 is 5.32 Å². The molecule has 0 spiro atoms. The summed E-state index contributed by atoms with van der Waals surface area (Å²) in [5, 5.41) is 11.9. The van der Waals surface area contributed by atoms with Gasteiger partial charge in [-0.05, 0) is 38.5 Å². The minimum atomic E-state index is -1.33. The molecule has 2 amide bonds. The first-order valence-corrected chi connectivity index (χ1v) is 7.66. The van der Waals surface area contributed by atoms with Gasteiger partial charge in [0.1, 0.15) is 5.54 Å². The van der Waals surface area contributed by atoms with Crippen LogP contribution in [0.5, 0.6) is 0 Å². The van der Waals surface area contributed by atoms with Crippen molar-refractivity contribution in [1.29, 1.82) is 0 Å². The van der Waals surface area contributed by atoms with Crippen LogP contribution in [0.15, 0.2) is 24.3 Å². The van der Waals surface area contributed by atoms with Gasteiger partial charge in [-0.1, -0.05) is 19.4 Å². The molecule has 1 unspecified atom stereocenters. The molecule has 23 heavy (non-hydrogen) atoms. The summed E-state index contributed by atoms with van der Waals surface area (Å²) >= 11 is 0. The van der Waals surface area contributed by atoms with Gasteiger partial charge in [-0.25, -0.2) is 4.79 Å². The first-order chi connectivity index (χ1) is 10.7. The Morgan fingerprint density at radius 1 is 1.22 bits per heavy atom. The first-order valence-electron chi connectivity index (χ1n) is 7.66. The van der Waals surface area contributed by atoms with E-state index in [1.165, 1.54) is 17.9 Å². The summed E-state index contributed by atoms with van der Waals surface area (Å²) in [6.45, 7) is 5.75. The van der Waals surface area contributed by atoms with E-state index in [-0.39, 0.29) is 11.5 Å².